The van der Waals surface area contributed by atoms with Gasteiger partial charge in [-0.05, 0) is 6.26 Å². The molecular formula is C15H19N7O4S. The van der Waals surface area contributed by atoms with Gasteiger partial charge in [0.05, 0.1) is 18.5 Å². The molecule has 0 bridgehead atoms. The Morgan fingerprint density at radius 1 is 1.44 bits per heavy atom. The van der Waals surface area contributed by atoms with Gasteiger partial charge >= 0.3 is 6.03 Å². The number of rotatable bonds is 5. The molecule has 11 nitrogen and oxygen atoms in total. The van der Waals surface area contributed by atoms with Gasteiger partial charge in [-0.25, -0.2) is 19.7 Å². The lowest BCUT2D eigenvalue weighted by Gasteiger charge is -2.17. The zero-order chi connectivity index (χ0) is 19.6. The number of hydrogen-bond donors (Lipinski definition) is 3. The lowest BCUT2D eigenvalue weighted by atomic mass is 10.1. The number of carbonyl (C=O) groups excluding carboxylic acids is 1. The van der Waals surface area contributed by atoms with Gasteiger partial charge in [0.2, 0.25) is 0 Å². The van der Waals surface area contributed by atoms with E-state index in [2.05, 4.69) is 20.3 Å². The van der Waals surface area contributed by atoms with E-state index in [-0.39, 0.29) is 12.4 Å². The summed E-state index contributed by atoms with van der Waals surface area (Å²) in [5, 5.41) is 31.8. The van der Waals surface area contributed by atoms with Crippen LogP contribution >= 0.6 is 11.8 Å². The van der Waals surface area contributed by atoms with E-state index >= 15 is 0 Å². The summed E-state index contributed by atoms with van der Waals surface area (Å²) in [6.45, 7) is -0.0781. The largest absolute Gasteiger partial charge is 0.387 e. The Hall–Kier alpha value is -2.46. The molecule has 12 heteroatoms. The molecular weight excluding hydrogens is 374 g/mol. The van der Waals surface area contributed by atoms with Gasteiger partial charge in [-0.2, -0.15) is 17.0 Å². The van der Waals surface area contributed by atoms with Crippen LogP contribution in [0.5, 0.6) is 0 Å². The van der Waals surface area contributed by atoms with E-state index in [1.807, 2.05) is 12.3 Å². The zero-order valence-corrected chi connectivity index (χ0v) is 15.5. The van der Waals surface area contributed by atoms with Crippen molar-refractivity contribution in [2.75, 3.05) is 30.9 Å². The Morgan fingerprint density at radius 3 is 2.93 bits per heavy atom. The van der Waals surface area contributed by atoms with Crippen LogP contribution < -0.4 is 5.32 Å². The molecule has 144 valence electrons. The minimum absolute atomic E-state index is 0.0781. The summed E-state index contributed by atoms with van der Waals surface area (Å²) in [5.74, 6) is 0.699. The highest BCUT2D eigenvalue weighted by atomic mass is 32.2. The highest BCUT2D eigenvalue weighted by Crippen LogP contribution is 2.33. The number of aromatic nitrogens is 4. The SMILES string of the molecule is CSC[C@H]1O[C@@H](n2cnc3c(NC(=O)N(C)CC#N)ncnc32)[C@H](O)[C@@H]1O. The van der Waals surface area contributed by atoms with Crippen LogP contribution in [0, 0.1) is 11.3 Å². The third-order valence-electron chi connectivity index (χ3n) is 4.18. The first-order valence-corrected chi connectivity index (χ1v) is 9.44. The molecule has 2 aromatic heterocycles. The first-order chi connectivity index (χ1) is 13.0. The molecule has 0 radical (unpaired) electrons. The number of thioether (sulfide) groups is 1. The Labute approximate surface area is 159 Å². The second kappa shape index (κ2) is 8.05. The van der Waals surface area contributed by atoms with Gasteiger partial charge in [0, 0.05) is 12.8 Å². The number of nitrogens with one attached hydrogen (secondary N) is 1. The van der Waals surface area contributed by atoms with Gasteiger partial charge in [0.1, 0.15) is 25.1 Å². The van der Waals surface area contributed by atoms with E-state index in [1.165, 1.54) is 40.9 Å². The smallest absolute Gasteiger partial charge is 0.323 e. The molecule has 1 saturated heterocycles. The summed E-state index contributed by atoms with van der Waals surface area (Å²) in [5.41, 5.74) is 0.638. The minimum Gasteiger partial charge on any atom is -0.387 e. The molecule has 0 aliphatic carbocycles. The summed E-state index contributed by atoms with van der Waals surface area (Å²) >= 11 is 1.50. The van der Waals surface area contributed by atoms with Gasteiger partial charge in [0.25, 0.3) is 0 Å². The van der Waals surface area contributed by atoms with Gasteiger partial charge in [-0.3, -0.25) is 9.88 Å². The number of ether oxygens (including phenoxy) is 1. The average molecular weight is 393 g/mol. The normalized spacial score (nSPS) is 24.7. The molecule has 1 aliphatic heterocycles. The molecule has 2 amide bonds. The van der Waals surface area contributed by atoms with Crippen molar-refractivity contribution in [3.8, 4) is 6.07 Å². The maximum atomic E-state index is 12.1. The quantitative estimate of drug-likeness (QED) is 0.587. The van der Waals surface area contributed by atoms with E-state index in [9.17, 15) is 15.0 Å². The lowest BCUT2D eigenvalue weighted by Crippen LogP contribution is -2.32. The van der Waals surface area contributed by atoms with Crippen molar-refractivity contribution in [1.29, 1.82) is 5.26 Å². The average Bonchev–Trinajstić information content (AvgIpc) is 3.19. The van der Waals surface area contributed by atoms with Gasteiger partial charge < -0.3 is 19.8 Å². The standard InChI is InChI=1S/C15H19N7O4S/c1-21(4-3-16)15(25)20-12-9-13(18-6-17-12)22(7-19-9)14-11(24)10(23)8(26-14)5-27-2/h6-8,10-11,14,23-24H,4-5H2,1-2H3,(H,17,18,20,25)/t8-,10-,11-,14-/m1/s1. The topological polar surface area (TPSA) is 149 Å². The number of amides is 2. The molecule has 0 unspecified atom stereocenters. The van der Waals surface area contributed by atoms with Crippen molar-refractivity contribution < 1.29 is 19.7 Å². The van der Waals surface area contributed by atoms with Crippen molar-refractivity contribution in [2.45, 2.75) is 24.5 Å². The predicted molar refractivity (Wildman–Crippen MR) is 96.9 cm³/mol. The summed E-state index contributed by atoms with van der Waals surface area (Å²) in [7, 11) is 1.48. The summed E-state index contributed by atoms with van der Waals surface area (Å²) in [6.07, 6.45) is 0.997. The van der Waals surface area contributed by atoms with Crippen LogP contribution in [0.25, 0.3) is 11.2 Å². The van der Waals surface area contributed by atoms with Crippen molar-refractivity contribution in [2.24, 2.45) is 0 Å². The fourth-order valence-corrected chi connectivity index (χ4v) is 3.37. The summed E-state index contributed by atoms with van der Waals surface area (Å²) in [4.78, 5) is 25.7. The zero-order valence-electron chi connectivity index (χ0n) is 14.7. The Bertz CT molecular complexity index is 869. The van der Waals surface area contributed by atoms with E-state index < -0.39 is 30.6 Å². The molecule has 3 rings (SSSR count). The monoisotopic (exact) mass is 393 g/mol. The maximum Gasteiger partial charge on any atom is 0.323 e. The molecule has 2 aromatic rings. The summed E-state index contributed by atoms with van der Waals surface area (Å²) < 4.78 is 7.28. The van der Waals surface area contributed by atoms with Crippen LogP contribution in [0.1, 0.15) is 6.23 Å². The van der Waals surface area contributed by atoms with Crippen LogP contribution in [-0.4, -0.2) is 84.6 Å². The van der Waals surface area contributed by atoms with Crippen LogP contribution in [0.3, 0.4) is 0 Å². The van der Waals surface area contributed by atoms with Crippen molar-refractivity contribution in [3.05, 3.63) is 12.7 Å². The van der Waals surface area contributed by atoms with E-state index in [0.717, 1.165) is 0 Å². The second-order valence-corrected chi connectivity index (χ2v) is 6.90. The van der Waals surface area contributed by atoms with Gasteiger partial charge in [0.15, 0.2) is 23.2 Å². The number of urea groups is 1. The van der Waals surface area contributed by atoms with Crippen LogP contribution in [0.2, 0.25) is 0 Å². The highest BCUT2D eigenvalue weighted by molar-refractivity contribution is 7.98. The number of imidazole rings is 1. The van der Waals surface area contributed by atoms with Crippen LogP contribution in [-0.2, 0) is 4.74 Å². The van der Waals surface area contributed by atoms with E-state index in [1.54, 1.807) is 0 Å². The number of carbonyl (C=O) groups is 1. The van der Waals surface area contributed by atoms with Gasteiger partial charge in [-0.15, -0.1) is 0 Å². The van der Waals surface area contributed by atoms with Crippen molar-refractivity contribution in [1.82, 2.24) is 24.4 Å². The Kier molecular flexibility index (Phi) is 5.76. The first-order valence-electron chi connectivity index (χ1n) is 8.05. The fraction of sp³-hybridized carbons (Fsp3) is 0.533. The number of hydrogen-bond acceptors (Lipinski definition) is 9. The maximum absolute atomic E-state index is 12.1. The van der Waals surface area contributed by atoms with Crippen LogP contribution in [0.4, 0.5) is 10.6 Å². The van der Waals surface area contributed by atoms with Crippen molar-refractivity contribution in [3.63, 3.8) is 0 Å². The number of aliphatic hydroxyl groups excluding tert-OH is 2. The molecule has 3 heterocycles. The number of anilines is 1. The highest BCUT2D eigenvalue weighted by Gasteiger charge is 2.44. The second-order valence-electron chi connectivity index (χ2n) is 5.99. The molecule has 27 heavy (non-hydrogen) atoms. The lowest BCUT2D eigenvalue weighted by molar-refractivity contribution is -0.0288. The Morgan fingerprint density at radius 2 is 2.22 bits per heavy atom. The Balaban J connectivity index is 1.88. The minimum atomic E-state index is -1.14. The van der Waals surface area contributed by atoms with Crippen molar-refractivity contribution >= 4 is 34.8 Å². The number of aliphatic hydroxyl groups is 2. The van der Waals surface area contributed by atoms with Crippen LogP contribution in [0.15, 0.2) is 12.7 Å². The number of fused-ring (bicyclic) bond motifs is 1. The third-order valence-corrected chi connectivity index (χ3v) is 4.84. The fourth-order valence-electron chi connectivity index (χ4n) is 2.77. The molecule has 1 aliphatic rings. The third kappa shape index (κ3) is 3.67. The molecule has 4 atom stereocenters. The molecule has 3 N–H and O–H groups in total. The van der Waals surface area contributed by atoms with E-state index in [0.29, 0.717) is 16.9 Å². The predicted octanol–water partition coefficient (Wildman–Crippen LogP) is -0.204. The molecule has 1 fully saturated rings. The number of nitrogens with zero attached hydrogens (tertiary/aromatic N) is 6. The molecule has 0 saturated carbocycles. The first kappa shape index (κ1) is 19.3. The van der Waals surface area contributed by atoms with E-state index in [4.69, 9.17) is 10.00 Å². The van der Waals surface area contributed by atoms with Gasteiger partial charge in [-0.1, -0.05) is 0 Å². The number of nitriles is 1. The summed E-state index contributed by atoms with van der Waals surface area (Å²) in [6, 6.07) is 1.36. The molecule has 0 spiro atoms. The molecule has 0 aromatic carbocycles.